The molecule has 2 rings (SSSR count). The zero-order chi connectivity index (χ0) is 24.9. The predicted octanol–water partition coefficient (Wildman–Crippen LogP) is 6.28. The number of carbonyl (C=O) groups excluding carboxylic acids is 1. The lowest BCUT2D eigenvalue weighted by Gasteiger charge is -2.31. The lowest BCUT2D eigenvalue weighted by molar-refractivity contribution is -0.348. The second-order valence-electron chi connectivity index (χ2n) is 6.53. The molecule has 32 heavy (non-hydrogen) atoms. The molecule has 0 aliphatic rings. The first kappa shape index (κ1) is 25.2. The van der Waals surface area contributed by atoms with E-state index in [2.05, 4.69) is 0 Å². The average molecular weight is 480 g/mol. The molecule has 3 N–H and O–H groups in total. The van der Waals surface area contributed by atoms with Gasteiger partial charge in [0.05, 0.1) is 22.5 Å². The number of nitrogens with two attached hydrogens (primary N) is 1. The number of hydrogen-bond acceptors (Lipinski definition) is 2. The number of rotatable bonds is 3. The van der Waals surface area contributed by atoms with Gasteiger partial charge in [-0.25, -0.2) is 8.78 Å². The van der Waals surface area contributed by atoms with Gasteiger partial charge in [0.25, 0.3) is 5.91 Å². The van der Waals surface area contributed by atoms with Crippen molar-refractivity contribution in [1.29, 1.82) is 0 Å². The van der Waals surface area contributed by atoms with Crippen LogP contribution in [-0.2, 0) is 11.8 Å². The molecule has 0 atom stereocenters. The zero-order valence-electron chi connectivity index (χ0n) is 15.5. The summed E-state index contributed by atoms with van der Waals surface area (Å²) in [6, 6.07) is 2.05. The van der Waals surface area contributed by atoms with E-state index in [0.717, 1.165) is 18.2 Å². The van der Waals surface area contributed by atoms with Gasteiger partial charge in [-0.15, -0.1) is 0 Å². The molecule has 0 unspecified atom stereocenters. The molecular weight excluding hydrogens is 469 g/mol. The van der Waals surface area contributed by atoms with Gasteiger partial charge < -0.3 is 11.1 Å². The second-order valence-corrected chi connectivity index (χ2v) is 6.53. The van der Waals surface area contributed by atoms with Crippen molar-refractivity contribution < 1.29 is 53.1 Å². The number of carbonyl (C=O) groups is 1. The van der Waals surface area contributed by atoms with Crippen molar-refractivity contribution in [3.8, 4) is 0 Å². The molecule has 2 aromatic rings. The van der Waals surface area contributed by atoms with Crippen LogP contribution in [0, 0.1) is 12.7 Å². The number of hydrogen-bond donors (Lipinski definition) is 2. The number of nitrogen functional groups attached to an aromatic ring is 1. The Bertz CT molecular complexity index is 1020. The first-order valence-corrected chi connectivity index (χ1v) is 8.22. The molecular formula is C18H11F11N2O. The average Bonchev–Trinajstić information content (AvgIpc) is 2.61. The minimum absolute atomic E-state index is 0.137. The Morgan fingerprint density at radius 3 is 1.91 bits per heavy atom. The molecule has 176 valence electrons. The Balaban J connectivity index is 2.72. The highest BCUT2D eigenvalue weighted by Crippen LogP contribution is 2.54. The smallest absolute Gasteiger partial charge is 0.396 e. The molecule has 0 saturated carbocycles. The van der Waals surface area contributed by atoms with Crippen molar-refractivity contribution in [2.45, 2.75) is 31.1 Å². The van der Waals surface area contributed by atoms with Crippen molar-refractivity contribution in [3.05, 3.63) is 58.4 Å². The van der Waals surface area contributed by atoms with E-state index in [1.54, 1.807) is 5.32 Å². The molecule has 0 bridgehead atoms. The Labute approximate surface area is 172 Å². The maximum Gasteiger partial charge on any atom is 0.435 e. The summed E-state index contributed by atoms with van der Waals surface area (Å²) in [4.78, 5) is 12.2. The van der Waals surface area contributed by atoms with Crippen LogP contribution < -0.4 is 11.1 Å². The number of halogens is 11. The Hall–Kier alpha value is -3.06. The van der Waals surface area contributed by atoms with Gasteiger partial charge >= 0.3 is 24.2 Å². The molecule has 0 aliphatic carbocycles. The van der Waals surface area contributed by atoms with Crippen LogP contribution in [0.4, 0.5) is 59.7 Å². The third kappa shape index (κ3) is 4.30. The molecule has 3 nitrogen and oxygen atoms in total. The second kappa shape index (κ2) is 7.81. The SMILES string of the molecule is Cc1cc(C(F)(C(F)(F)F)C(F)(F)F)cc(C(F)(F)F)c1NC(=O)c1cccc(N)c1F. The van der Waals surface area contributed by atoms with Gasteiger partial charge in [0, 0.05) is 5.56 Å². The summed E-state index contributed by atoms with van der Waals surface area (Å²) < 4.78 is 146. The first-order chi connectivity index (χ1) is 14.3. The van der Waals surface area contributed by atoms with E-state index < -0.39 is 75.6 Å². The normalized spacial score (nSPS) is 13.2. The van der Waals surface area contributed by atoms with Crippen molar-refractivity contribution in [3.63, 3.8) is 0 Å². The standard InChI is InChI=1S/C18H11F11N2O/c1-7-5-8(15(20,17(24,25)26)18(27,28)29)6-10(16(21,22)23)13(7)31-14(32)9-3-2-4-11(30)12(9)19/h2-6H,30H2,1H3,(H,31,32). The maximum atomic E-state index is 14.3. The van der Waals surface area contributed by atoms with Crippen LogP contribution in [-0.4, -0.2) is 18.3 Å². The van der Waals surface area contributed by atoms with Crippen LogP contribution in [0.2, 0.25) is 0 Å². The number of nitrogens with one attached hydrogen (secondary N) is 1. The lowest BCUT2D eigenvalue weighted by Crippen LogP contribution is -2.50. The fourth-order valence-corrected chi connectivity index (χ4v) is 2.77. The van der Waals surface area contributed by atoms with Gasteiger partial charge in [-0.2, -0.15) is 39.5 Å². The summed E-state index contributed by atoms with van der Waals surface area (Å²) in [5, 5.41) is 1.59. The van der Waals surface area contributed by atoms with Gasteiger partial charge in [-0.3, -0.25) is 4.79 Å². The molecule has 0 saturated heterocycles. The molecule has 2 aromatic carbocycles. The highest BCUT2D eigenvalue weighted by atomic mass is 19.4. The van der Waals surface area contributed by atoms with E-state index in [4.69, 9.17) is 5.73 Å². The van der Waals surface area contributed by atoms with Crippen molar-refractivity contribution in [2.75, 3.05) is 11.1 Å². The van der Waals surface area contributed by atoms with Gasteiger partial charge in [0.2, 0.25) is 0 Å². The van der Waals surface area contributed by atoms with Crippen LogP contribution in [0.5, 0.6) is 0 Å². The van der Waals surface area contributed by atoms with Gasteiger partial charge in [0.1, 0.15) is 0 Å². The van der Waals surface area contributed by atoms with E-state index in [1.807, 2.05) is 0 Å². The maximum absolute atomic E-state index is 14.3. The summed E-state index contributed by atoms with van der Waals surface area (Å²) in [6.07, 6.45) is -18.9. The molecule has 0 radical (unpaired) electrons. The van der Waals surface area contributed by atoms with E-state index in [9.17, 15) is 53.1 Å². The quantitative estimate of drug-likeness (QED) is 0.402. The Morgan fingerprint density at radius 1 is 0.906 bits per heavy atom. The van der Waals surface area contributed by atoms with E-state index in [0.29, 0.717) is 6.92 Å². The van der Waals surface area contributed by atoms with E-state index in [1.165, 1.54) is 0 Å². The van der Waals surface area contributed by atoms with E-state index >= 15 is 0 Å². The van der Waals surface area contributed by atoms with E-state index in [-0.39, 0.29) is 6.07 Å². The van der Waals surface area contributed by atoms with Gasteiger partial charge in [-0.05, 0) is 30.7 Å². The summed E-state index contributed by atoms with van der Waals surface area (Å²) in [5.41, 5.74) is -9.19. The fourth-order valence-electron chi connectivity index (χ4n) is 2.77. The molecule has 1 amide bonds. The molecule has 14 heteroatoms. The summed E-state index contributed by atoms with van der Waals surface area (Å²) in [6.45, 7) is 0.608. The molecule has 0 aromatic heterocycles. The van der Waals surface area contributed by atoms with Crippen LogP contribution in [0.1, 0.15) is 27.0 Å². The van der Waals surface area contributed by atoms with Crippen molar-refractivity contribution >= 4 is 17.3 Å². The summed E-state index contributed by atoms with van der Waals surface area (Å²) >= 11 is 0. The fraction of sp³-hybridized carbons (Fsp3) is 0.278. The molecule has 0 fully saturated rings. The summed E-state index contributed by atoms with van der Waals surface area (Å²) in [5.74, 6) is -2.86. The summed E-state index contributed by atoms with van der Waals surface area (Å²) in [7, 11) is 0. The Morgan fingerprint density at radius 2 is 1.44 bits per heavy atom. The topological polar surface area (TPSA) is 55.1 Å². The third-order valence-electron chi connectivity index (χ3n) is 4.33. The minimum atomic E-state index is -6.66. The van der Waals surface area contributed by atoms with Crippen LogP contribution in [0.15, 0.2) is 30.3 Å². The van der Waals surface area contributed by atoms with Gasteiger partial charge in [-0.1, -0.05) is 12.1 Å². The predicted molar refractivity (Wildman–Crippen MR) is 89.8 cm³/mol. The number of amides is 1. The monoisotopic (exact) mass is 480 g/mol. The van der Waals surface area contributed by atoms with Crippen molar-refractivity contribution in [1.82, 2.24) is 0 Å². The zero-order valence-corrected chi connectivity index (χ0v) is 15.5. The van der Waals surface area contributed by atoms with Crippen LogP contribution >= 0.6 is 0 Å². The molecule has 0 aliphatic heterocycles. The first-order valence-electron chi connectivity index (χ1n) is 8.22. The van der Waals surface area contributed by atoms with Crippen LogP contribution in [0.25, 0.3) is 0 Å². The highest BCUT2D eigenvalue weighted by Gasteiger charge is 2.73. The number of aryl methyl sites for hydroxylation is 1. The minimum Gasteiger partial charge on any atom is -0.396 e. The van der Waals surface area contributed by atoms with Crippen LogP contribution in [0.3, 0.4) is 0 Å². The number of benzene rings is 2. The van der Waals surface area contributed by atoms with Gasteiger partial charge in [0.15, 0.2) is 5.82 Å². The number of alkyl halides is 10. The lowest BCUT2D eigenvalue weighted by atomic mass is 9.90. The molecule has 0 spiro atoms. The highest BCUT2D eigenvalue weighted by molar-refractivity contribution is 6.05. The number of anilines is 2. The molecule has 0 heterocycles. The third-order valence-corrected chi connectivity index (χ3v) is 4.33. The van der Waals surface area contributed by atoms with Crippen molar-refractivity contribution in [2.24, 2.45) is 0 Å². The largest absolute Gasteiger partial charge is 0.435 e. The Kier molecular flexibility index (Phi) is 6.15.